The minimum atomic E-state index is -0.121. The third-order valence-electron chi connectivity index (χ3n) is 1.62. The summed E-state index contributed by atoms with van der Waals surface area (Å²) >= 11 is 0. The van der Waals surface area contributed by atoms with Gasteiger partial charge in [0.2, 0.25) is 0 Å². The third-order valence-corrected chi connectivity index (χ3v) is 1.62. The number of hydrogen-bond donors (Lipinski definition) is 1. The van der Waals surface area contributed by atoms with Gasteiger partial charge in [-0.05, 0) is 27.7 Å². The molecule has 0 aliphatic carbocycles. The van der Waals surface area contributed by atoms with Gasteiger partial charge >= 0.3 is 0 Å². The summed E-state index contributed by atoms with van der Waals surface area (Å²) in [4.78, 5) is 6.26. The molecule has 14 heavy (non-hydrogen) atoms. The molecular weight excluding hydrogens is 178 g/mol. The fourth-order valence-corrected chi connectivity index (χ4v) is 0.889. The van der Waals surface area contributed by atoms with Crippen LogP contribution in [-0.2, 0) is 4.74 Å². The maximum Gasteiger partial charge on any atom is 0.191 e. The Labute approximate surface area is 87.1 Å². The molecule has 0 spiro atoms. The van der Waals surface area contributed by atoms with Gasteiger partial charge in [-0.25, -0.2) is 4.99 Å². The van der Waals surface area contributed by atoms with Gasteiger partial charge in [-0.2, -0.15) is 0 Å². The molecule has 0 aliphatic heterocycles. The third kappa shape index (κ3) is 6.71. The summed E-state index contributed by atoms with van der Waals surface area (Å²) in [6, 6.07) is 0. The van der Waals surface area contributed by atoms with Gasteiger partial charge in [-0.15, -0.1) is 0 Å². The zero-order chi connectivity index (χ0) is 11.2. The monoisotopic (exact) mass is 201 g/mol. The molecule has 0 aliphatic rings. The van der Waals surface area contributed by atoms with Crippen LogP contribution in [0.1, 0.15) is 27.7 Å². The Morgan fingerprint density at radius 1 is 1.43 bits per heavy atom. The molecule has 0 amide bonds. The predicted molar refractivity (Wildman–Crippen MR) is 60.5 cm³/mol. The zero-order valence-electron chi connectivity index (χ0n) is 10.0. The van der Waals surface area contributed by atoms with Crippen LogP contribution in [0.3, 0.4) is 0 Å². The van der Waals surface area contributed by atoms with Gasteiger partial charge in [-0.3, -0.25) is 0 Å². The van der Waals surface area contributed by atoms with E-state index in [1.807, 2.05) is 39.6 Å². The molecule has 0 aromatic carbocycles. The fourth-order valence-electron chi connectivity index (χ4n) is 0.889. The second-order valence-electron chi connectivity index (χ2n) is 4.26. The smallest absolute Gasteiger partial charge is 0.191 e. The van der Waals surface area contributed by atoms with Crippen molar-refractivity contribution in [3.63, 3.8) is 0 Å². The first-order valence-corrected chi connectivity index (χ1v) is 5.01. The molecule has 0 heterocycles. The Hall–Kier alpha value is -0.770. The van der Waals surface area contributed by atoms with Crippen LogP contribution in [0.2, 0.25) is 0 Å². The van der Waals surface area contributed by atoms with Gasteiger partial charge < -0.3 is 15.4 Å². The average molecular weight is 201 g/mol. The lowest BCUT2D eigenvalue weighted by Crippen LogP contribution is -2.38. The van der Waals surface area contributed by atoms with Crippen molar-refractivity contribution < 1.29 is 4.74 Å². The fraction of sp³-hybridized carbons (Fsp3) is 0.900. The molecule has 0 unspecified atom stereocenters. The molecule has 0 radical (unpaired) electrons. The van der Waals surface area contributed by atoms with Crippen LogP contribution in [0.25, 0.3) is 0 Å². The zero-order valence-corrected chi connectivity index (χ0v) is 10.0. The second-order valence-corrected chi connectivity index (χ2v) is 4.26. The van der Waals surface area contributed by atoms with Gasteiger partial charge in [0.05, 0.1) is 12.1 Å². The van der Waals surface area contributed by atoms with Crippen LogP contribution >= 0.6 is 0 Å². The number of rotatable bonds is 4. The van der Waals surface area contributed by atoms with E-state index in [1.165, 1.54) is 0 Å². The molecule has 0 saturated carbocycles. The molecule has 0 atom stereocenters. The minimum absolute atomic E-state index is 0.121. The number of ether oxygens (including phenoxy) is 1. The molecule has 0 bridgehead atoms. The van der Waals surface area contributed by atoms with E-state index in [9.17, 15) is 0 Å². The minimum Gasteiger partial charge on any atom is -0.380 e. The Kier molecular flexibility index (Phi) is 5.53. The van der Waals surface area contributed by atoms with Crippen molar-refractivity contribution in [2.75, 3.05) is 26.8 Å². The van der Waals surface area contributed by atoms with Gasteiger partial charge in [0.15, 0.2) is 5.96 Å². The van der Waals surface area contributed by atoms with Crippen molar-refractivity contribution >= 4 is 5.96 Å². The maximum absolute atomic E-state index is 5.81. The summed E-state index contributed by atoms with van der Waals surface area (Å²) in [7, 11) is 1.92. The highest BCUT2D eigenvalue weighted by Gasteiger charge is 2.10. The largest absolute Gasteiger partial charge is 0.380 e. The highest BCUT2D eigenvalue weighted by atomic mass is 16.5. The number of guanidine groups is 1. The van der Waals surface area contributed by atoms with Crippen molar-refractivity contribution in [3.05, 3.63) is 0 Å². The summed E-state index contributed by atoms with van der Waals surface area (Å²) in [5, 5.41) is 0. The number of likely N-dealkylation sites (N-methyl/N-ethyl adjacent to an activating group) is 1. The molecule has 2 N–H and O–H groups in total. The predicted octanol–water partition coefficient (Wildman–Crippen LogP) is 1.07. The highest BCUT2D eigenvalue weighted by Crippen LogP contribution is 2.06. The van der Waals surface area contributed by atoms with E-state index < -0.39 is 0 Å². The number of nitrogens with two attached hydrogens (primary N) is 1. The van der Waals surface area contributed by atoms with Crippen molar-refractivity contribution in [3.8, 4) is 0 Å². The van der Waals surface area contributed by atoms with Gasteiger partial charge in [0, 0.05) is 20.2 Å². The first kappa shape index (κ1) is 13.2. The average Bonchev–Trinajstić information content (AvgIpc) is 2.01. The quantitative estimate of drug-likeness (QED) is 0.420. The lowest BCUT2D eigenvalue weighted by atomic mass is 10.1. The maximum atomic E-state index is 5.81. The van der Waals surface area contributed by atoms with E-state index in [0.717, 1.165) is 13.2 Å². The Balaban J connectivity index is 3.99. The lowest BCUT2D eigenvalue weighted by Gasteiger charge is -2.21. The summed E-state index contributed by atoms with van der Waals surface area (Å²) in [6.45, 7) is 10.3. The topological polar surface area (TPSA) is 50.9 Å². The van der Waals surface area contributed by atoms with E-state index >= 15 is 0 Å². The van der Waals surface area contributed by atoms with E-state index in [-0.39, 0.29) is 5.54 Å². The molecule has 4 nitrogen and oxygen atoms in total. The van der Waals surface area contributed by atoms with Crippen LogP contribution < -0.4 is 5.73 Å². The van der Waals surface area contributed by atoms with E-state index in [4.69, 9.17) is 10.5 Å². The first-order valence-electron chi connectivity index (χ1n) is 5.01. The van der Waals surface area contributed by atoms with Gasteiger partial charge in [0.1, 0.15) is 0 Å². The molecule has 0 saturated heterocycles. The van der Waals surface area contributed by atoms with Crippen molar-refractivity contribution in [1.82, 2.24) is 4.90 Å². The molecule has 0 aromatic heterocycles. The molecular formula is C10H23N3O. The standard InChI is InChI=1S/C10H23N3O/c1-6-14-8-7-13(5)9(11)12-10(2,3)4/h6-8H2,1-5H3,(H2,11,12). The number of aliphatic imine (C=N–C) groups is 1. The normalized spacial score (nSPS) is 13.1. The van der Waals surface area contributed by atoms with Crippen molar-refractivity contribution in [2.24, 2.45) is 10.7 Å². The van der Waals surface area contributed by atoms with Crippen LogP contribution in [-0.4, -0.2) is 43.2 Å². The number of nitrogens with zero attached hydrogens (tertiary/aromatic N) is 2. The van der Waals surface area contributed by atoms with Crippen molar-refractivity contribution in [2.45, 2.75) is 33.2 Å². The Morgan fingerprint density at radius 3 is 2.43 bits per heavy atom. The molecule has 0 fully saturated rings. The summed E-state index contributed by atoms with van der Waals surface area (Å²) in [5.41, 5.74) is 5.68. The summed E-state index contributed by atoms with van der Waals surface area (Å²) in [6.07, 6.45) is 0. The lowest BCUT2D eigenvalue weighted by molar-refractivity contribution is 0.136. The Bertz CT molecular complexity index is 184. The molecule has 0 aromatic rings. The van der Waals surface area contributed by atoms with E-state index in [2.05, 4.69) is 4.99 Å². The molecule has 0 rings (SSSR count). The van der Waals surface area contributed by atoms with Crippen LogP contribution in [0.4, 0.5) is 0 Å². The highest BCUT2D eigenvalue weighted by molar-refractivity contribution is 5.78. The Morgan fingerprint density at radius 2 is 2.00 bits per heavy atom. The van der Waals surface area contributed by atoms with E-state index in [1.54, 1.807) is 0 Å². The first-order chi connectivity index (χ1) is 6.37. The molecule has 84 valence electrons. The van der Waals surface area contributed by atoms with Crippen LogP contribution in [0, 0.1) is 0 Å². The van der Waals surface area contributed by atoms with Gasteiger partial charge in [-0.1, -0.05) is 0 Å². The number of hydrogen-bond acceptors (Lipinski definition) is 2. The molecule has 4 heteroatoms. The van der Waals surface area contributed by atoms with Gasteiger partial charge in [0.25, 0.3) is 0 Å². The van der Waals surface area contributed by atoms with E-state index in [0.29, 0.717) is 12.6 Å². The van der Waals surface area contributed by atoms with Crippen LogP contribution in [0.5, 0.6) is 0 Å². The summed E-state index contributed by atoms with van der Waals surface area (Å²) in [5.74, 6) is 0.567. The SMILES string of the molecule is CCOCCN(C)C(N)=NC(C)(C)C. The van der Waals surface area contributed by atoms with Crippen LogP contribution in [0.15, 0.2) is 4.99 Å². The second kappa shape index (κ2) is 5.86. The van der Waals surface area contributed by atoms with Crippen molar-refractivity contribution in [1.29, 1.82) is 0 Å². The summed E-state index contributed by atoms with van der Waals surface area (Å²) < 4.78 is 5.23.